The van der Waals surface area contributed by atoms with Gasteiger partial charge in [-0.25, -0.2) is 0 Å². The summed E-state index contributed by atoms with van der Waals surface area (Å²) in [7, 11) is 0. The smallest absolute Gasteiger partial charge is 0.119 e. The maximum Gasteiger partial charge on any atom is 0.119 e. The molecule has 1 heteroatoms. The van der Waals surface area contributed by atoms with Gasteiger partial charge in [-0.05, 0) is 136 Å². The van der Waals surface area contributed by atoms with Crippen molar-refractivity contribution in [1.82, 2.24) is 0 Å². The Labute approximate surface area is 235 Å². The number of hydrogen-bond acceptors (Lipinski definition) is 1. The molecule has 9 atom stereocenters. The van der Waals surface area contributed by atoms with Gasteiger partial charge < -0.3 is 4.74 Å². The Morgan fingerprint density at radius 1 is 0.868 bits per heavy atom. The van der Waals surface area contributed by atoms with Crippen molar-refractivity contribution in [2.24, 2.45) is 52.3 Å². The summed E-state index contributed by atoms with van der Waals surface area (Å²) < 4.78 is 6.60. The SMILES string of the molecule is C=C(OC1CCC2(C)C(CCC3C2CCC2(C)C(C(C)CCCC(C)C)CCC32)C1)c1cc(C)cc(C)c1. The van der Waals surface area contributed by atoms with Crippen molar-refractivity contribution in [2.45, 2.75) is 132 Å². The third-order valence-corrected chi connectivity index (χ3v) is 12.7. The number of rotatable bonds is 8. The van der Waals surface area contributed by atoms with E-state index < -0.39 is 0 Å². The van der Waals surface area contributed by atoms with Gasteiger partial charge >= 0.3 is 0 Å². The molecule has 0 amide bonds. The molecule has 4 saturated carbocycles. The summed E-state index contributed by atoms with van der Waals surface area (Å²) in [6, 6.07) is 6.69. The number of aryl methyl sites for hydroxylation is 2. The van der Waals surface area contributed by atoms with Crippen LogP contribution in [0.1, 0.15) is 128 Å². The predicted molar refractivity (Wildman–Crippen MR) is 163 cm³/mol. The van der Waals surface area contributed by atoms with E-state index in [2.05, 4.69) is 73.2 Å². The van der Waals surface area contributed by atoms with E-state index in [-0.39, 0.29) is 0 Å². The van der Waals surface area contributed by atoms with Crippen molar-refractivity contribution in [3.63, 3.8) is 0 Å². The van der Waals surface area contributed by atoms with Gasteiger partial charge in [0, 0.05) is 5.56 Å². The van der Waals surface area contributed by atoms with E-state index in [0.717, 1.165) is 47.2 Å². The molecule has 5 rings (SSSR count). The van der Waals surface area contributed by atoms with Gasteiger partial charge in [0.05, 0.1) is 6.10 Å². The average molecular weight is 519 g/mol. The molecule has 0 heterocycles. The lowest BCUT2D eigenvalue weighted by Crippen LogP contribution is -2.54. The molecule has 38 heavy (non-hydrogen) atoms. The highest BCUT2D eigenvalue weighted by Crippen LogP contribution is 2.68. The topological polar surface area (TPSA) is 9.23 Å². The summed E-state index contributed by atoms with van der Waals surface area (Å²) in [5, 5.41) is 0. The zero-order valence-corrected chi connectivity index (χ0v) is 26.0. The molecule has 0 radical (unpaired) electrons. The van der Waals surface area contributed by atoms with Crippen LogP contribution in [-0.4, -0.2) is 6.10 Å². The predicted octanol–water partition coefficient (Wildman–Crippen LogP) is 10.8. The molecule has 212 valence electrons. The Balaban J connectivity index is 1.22. The maximum absolute atomic E-state index is 6.60. The van der Waals surface area contributed by atoms with Crippen LogP contribution in [0.4, 0.5) is 0 Å². The number of benzene rings is 1. The summed E-state index contributed by atoms with van der Waals surface area (Å²) in [5.41, 5.74) is 4.88. The molecule has 1 aromatic carbocycles. The number of hydrogen-bond donors (Lipinski definition) is 0. The molecule has 1 aromatic rings. The lowest BCUT2D eigenvalue weighted by molar-refractivity contribution is -0.128. The van der Waals surface area contributed by atoms with Crippen LogP contribution in [0.3, 0.4) is 0 Å². The van der Waals surface area contributed by atoms with E-state index in [4.69, 9.17) is 4.74 Å². The highest BCUT2D eigenvalue weighted by molar-refractivity contribution is 5.59. The van der Waals surface area contributed by atoms with Crippen LogP contribution in [0.5, 0.6) is 0 Å². The first-order valence-corrected chi connectivity index (χ1v) is 16.5. The van der Waals surface area contributed by atoms with Gasteiger partial charge in [-0.2, -0.15) is 0 Å². The molecule has 4 fully saturated rings. The van der Waals surface area contributed by atoms with E-state index in [1.54, 1.807) is 0 Å². The van der Waals surface area contributed by atoms with Crippen LogP contribution in [0.2, 0.25) is 0 Å². The van der Waals surface area contributed by atoms with Crippen LogP contribution in [0.15, 0.2) is 24.8 Å². The largest absolute Gasteiger partial charge is 0.490 e. The van der Waals surface area contributed by atoms with Gasteiger partial charge in [-0.1, -0.05) is 77.7 Å². The quantitative estimate of drug-likeness (QED) is 0.311. The lowest BCUT2D eigenvalue weighted by atomic mass is 9.44. The third-order valence-electron chi connectivity index (χ3n) is 12.7. The second-order valence-corrected chi connectivity index (χ2v) is 15.5. The van der Waals surface area contributed by atoms with Gasteiger partial charge in [-0.15, -0.1) is 0 Å². The fourth-order valence-electron chi connectivity index (χ4n) is 10.8. The van der Waals surface area contributed by atoms with E-state index in [1.807, 2.05) is 0 Å². The normalized spacial score (nSPS) is 39.3. The molecule has 0 saturated heterocycles. The third kappa shape index (κ3) is 5.26. The van der Waals surface area contributed by atoms with Crippen molar-refractivity contribution in [3.05, 3.63) is 41.5 Å². The maximum atomic E-state index is 6.60. The van der Waals surface area contributed by atoms with E-state index in [0.29, 0.717) is 16.9 Å². The first kappa shape index (κ1) is 28.3. The van der Waals surface area contributed by atoms with E-state index in [9.17, 15) is 0 Å². The molecule has 0 N–H and O–H groups in total. The fraction of sp³-hybridized carbons (Fsp3) is 0.784. The zero-order chi connectivity index (χ0) is 27.2. The van der Waals surface area contributed by atoms with Crippen molar-refractivity contribution in [1.29, 1.82) is 0 Å². The minimum atomic E-state index is 0.342. The minimum Gasteiger partial charge on any atom is -0.490 e. The average Bonchev–Trinajstić information content (AvgIpc) is 3.20. The van der Waals surface area contributed by atoms with Crippen molar-refractivity contribution >= 4 is 5.76 Å². The Hall–Kier alpha value is -1.24. The Morgan fingerprint density at radius 2 is 1.55 bits per heavy atom. The van der Waals surface area contributed by atoms with Gasteiger partial charge in [0.2, 0.25) is 0 Å². The van der Waals surface area contributed by atoms with Gasteiger partial charge in [-0.3, -0.25) is 0 Å². The van der Waals surface area contributed by atoms with Crippen molar-refractivity contribution in [2.75, 3.05) is 0 Å². The summed E-state index contributed by atoms with van der Waals surface area (Å²) in [6.07, 6.45) is 17.3. The fourth-order valence-corrected chi connectivity index (χ4v) is 10.8. The Kier molecular flexibility index (Phi) is 8.17. The van der Waals surface area contributed by atoms with Gasteiger partial charge in [0.25, 0.3) is 0 Å². The minimum absolute atomic E-state index is 0.342. The van der Waals surface area contributed by atoms with Crippen molar-refractivity contribution in [3.8, 4) is 0 Å². The molecule has 9 unspecified atom stereocenters. The molecule has 4 aliphatic carbocycles. The monoisotopic (exact) mass is 518 g/mol. The molecule has 0 bridgehead atoms. The van der Waals surface area contributed by atoms with Crippen LogP contribution in [0.25, 0.3) is 5.76 Å². The summed E-state index contributed by atoms with van der Waals surface area (Å²) in [4.78, 5) is 0. The lowest BCUT2D eigenvalue weighted by Gasteiger charge is -2.61. The molecule has 1 nitrogen and oxygen atoms in total. The summed E-state index contributed by atoms with van der Waals surface area (Å²) >= 11 is 0. The highest BCUT2D eigenvalue weighted by atomic mass is 16.5. The second-order valence-electron chi connectivity index (χ2n) is 15.5. The van der Waals surface area contributed by atoms with Crippen LogP contribution < -0.4 is 0 Å². The molecule has 0 aliphatic heterocycles. The molecule has 0 aromatic heterocycles. The zero-order valence-electron chi connectivity index (χ0n) is 26.0. The first-order valence-electron chi connectivity index (χ1n) is 16.5. The summed E-state index contributed by atoms with van der Waals surface area (Å²) in [6.45, 7) is 21.5. The van der Waals surface area contributed by atoms with Gasteiger partial charge in [0.15, 0.2) is 0 Å². The standard InChI is InChI=1S/C37H58O/c1-24(2)10-9-11-27(5)33-14-15-34-32-13-12-30-23-31(38-28(6)29-21-25(3)20-26(4)22-29)16-18-36(30,7)35(32)17-19-37(33,34)8/h20-22,24,27,30-35H,6,9-19,23H2,1-5,7-8H3. The van der Waals surface area contributed by atoms with E-state index in [1.165, 1.54) is 93.7 Å². The van der Waals surface area contributed by atoms with Crippen LogP contribution >= 0.6 is 0 Å². The Bertz CT molecular complexity index is 970. The molecular weight excluding hydrogens is 460 g/mol. The first-order chi connectivity index (χ1) is 18.0. The summed E-state index contributed by atoms with van der Waals surface area (Å²) in [5.74, 6) is 7.33. The van der Waals surface area contributed by atoms with Gasteiger partial charge in [0.1, 0.15) is 5.76 Å². The second kappa shape index (κ2) is 11.0. The molecule has 4 aliphatic rings. The van der Waals surface area contributed by atoms with Crippen molar-refractivity contribution < 1.29 is 4.74 Å². The van der Waals surface area contributed by atoms with E-state index >= 15 is 0 Å². The van der Waals surface area contributed by atoms with Crippen LogP contribution in [-0.2, 0) is 4.74 Å². The molecule has 0 spiro atoms. The highest BCUT2D eigenvalue weighted by Gasteiger charge is 2.60. The number of fused-ring (bicyclic) bond motifs is 5. The number of ether oxygens (including phenoxy) is 1. The van der Waals surface area contributed by atoms with Crippen LogP contribution in [0, 0.1) is 66.1 Å². The molecular formula is C37H58O. The Morgan fingerprint density at radius 3 is 2.26 bits per heavy atom.